The molecule has 2 atom stereocenters. The average Bonchev–Trinajstić information content (AvgIpc) is 3.31. The summed E-state index contributed by atoms with van der Waals surface area (Å²) in [5, 5.41) is 3.94. The van der Waals surface area contributed by atoms with Crippen LogP contribution < -0.4 is 5.32 Å². The van der Waals surface area contributed by atoms with Gasteiger partial charge in [-0.25, -0.2) is 14.7 Å². The number of nitrogens with zero attached hydrogens (tertiary/aromatic N) is 3. The number of rotatable bonds is 5. The Labute approximate surface area is 179 Å². The third kappa shape index (κ3) is 3.70. The van der Waals surface area contributed by atoms with E-state index in [1.807, 2.05) is 48.5 Å². The molecule has 3 heterocycles. The zero-order valence-corrected chi connectivity index (χ0v) is 17.5. The monoisotopic (exact) mass is 420 g/mol. The van der Waals surface area contributed by atoms with E-state index in [1.54, 1.807) is 11.3 Å². The van der Waals surface area contributed by atoms with Crippen LogP contribution in [0.5, 0.6) is 0 Å². The number of amides is 3. The molecule has 0 saturated carbocycles. The zero-order chi connectivity index (χ0) is 20.5. The van der Waals surface area contributed by atoms with Crippen molar-refractivity contribution >= 4 is 33.5 Å². The molecule has 154 valence electrons. The maximum atomic E-state index is 13.0. The molecule has 0 unspecified atom stereocenters. The van der Waals surface area contributed by atoms with Crippen molar-refractivity contribution in [1.29, 1.82) is 0 Å². The quantitative estimate of drug-likeness (QED) is 0.635. The van der Waals surface area contributed by atoms with E-state index in [0.29, 0.717) is 13.1 Å². The summed E-state index contributed by atoms with van der Waals surface area (Å²) in [4.78, 5) is 34.0. The predicted molar refractivity (Wildman–Crippen MR) is 117 cm³/mol. The van der Waals surface area contributed by atoms with E-state index in [2.05, 4.69) is 16.3 Å². The lowest BCUT2D eigenvalue weighted by atomic mass is 10.0. The first-order valence-electron chi connectivity index (χ1n) is 10.4. The summed E-state index contributed by atoms with van der Waals surface area (Å²) in [6.45, 7) is 1.18. The molecule has 0 bridgehead atoms. The van der Waals surface area contributed by atoms with E-state index in [-0.39, 0.29) is 18.0 Å². The molecule has 2 aliphatic heterocycles. The van der Waals surface area contributed by atoms with E-state index in [4.69, 9.17) is 4.98 Å². The summed E-state index contributed by atoms with van der Waals surface area (Å²) < 4.78 is 1.18. The molecule has 5 rings (SSSR count). The summed E-state index contributed by atoms with van der Waals surface area (Å²) in [7, 11) is 0. The van der Waals surface area contributed by atoms with Gasteiger partial charge < -0.3 is 5.32 Å². The Morgan fingerprint density at radius 3 is 2.67 bits per heavy atom. The topological polar surface area (TPSA) is 65.5 Å². The first kappa shape index (κ1) is 19.2. The fourth-order valence-corrected chi connectivity index (χ4v) is 5.49. The van der Waals surface area contributed by atoms with Gasteiger partial charge in [0.25, 0.3) is 5.91 Å². The third-order valence-electron chi connectivity index (χ3n) is 5.92. The fourth-order valence-electron chi connectivity index (χ4n) is 4.35. The Balaban J connectivity index is 1.33. The number of likely N-dealkylation sites (tertiary alicyclic amines) is 1. The van der Waals surface area contributed by atoms with Crippen LogP contribution in [0.25, 0.3) is 10.2 Å². The van der Waals surface area contributed by atoms with Crippen molar-refractivity contribution in [3.8, 4) is 0 Å². The van der Waals surface area contributed by atoms with Crippen LogP contribution in [0.2, 0.25) is 0 Å². The Hall–Kier alpha value is -2.77. The molecular weight excluding hydrogens is 396 g/mol. The van der Waals surface area contributed by atoms with E-state index in [9.17, 15) is 9.59 Å². The molecule has 0 spiro atoms. The van der Waals surface area contributed by atoms with Crippen molar-refractivity contribution in [1.82, 2.24) is 20.1 Å². The van der Waals surface area contributed by atoms with Crippen molar-refractivity contribution in [2.75, 3.05) is 13.2 Å². The van der Waals surface area contributed by atoms with Gasteiger partial charge in [0.05, 0.1) is 22.9 Å². The van der Waals surface area contributed by atoms with Crippen LogP contribution >= 0.6 is 11.3 Å². The molecule has 0 radical (unpaired) electrons. The summed E-state index contributed by atoms with van der Waals surface area (Å²) in [6.07, 6.45) is 3.71. The second-order valence-corrected chi connectivity index (χ2v) is 9.01. The Bertz CT molecular complexity index is 1030. The number of imide groups is 1. The van der Waals surface area contributed by atoms with Gasteiger partial charge in [-0.3, -0.25) is 9.69 Å². The van der Waals surface area contributed by atoms with Gasteiger partial charge in [0.15, 0.2) is 0 Å². The van der Waals surface area contributed by atoms with Crippen LogP contribution in [0.15, 0.2) is 54.6 Å². The number of benzene rings is 2. The SMILES string of the molecule is O=C1N[C@@H](Cc2ccccc2)C(=O)N1CN1CCCC[C@@H]1c1nc2ccccc2s1. The second-order valence-electron chi connectivity index (χ2n) is 7.94. The molecular formula is C23H24N4O2S. The summed E-state index contributed by atoms with van der Waals surface area (Å²) >= 11 is 1.71. The third-order valence-corrected chi connectivity index (χ3v) is 7.06. The molecule has 3 aromatic rings. The van der Waals surface area contributed by atoms with Crippen molar-refractivity contribution < 1.29 is 9.59 Å². The number of piperidine rings is 1. The number of aromatic nitrogens is 1. The molecule has 2 aromatic carbocycles. The minimum Gasteiger partial charge on any atom is -0.325 e. The van der Waals surface area contributed by atoms with Crippen molar-refractivity contribution in [3.05, 3.63) is 65.2 Å². The highest BCUT2D eigenvalue weighted by molar-refractivity contribution is 7.18. The fraction of sp³-hybridized carbons (Fsp3) is 0.348. The first-order valence-corrected chi connectivity index (χ1v) is 11.3. The largest absolute Gasteiger partial charge is 0.325 e. The molecule has 0 aliphatic carbocycles. The van der Waals surface area contributed by atoms with Crippen LogP contribution in [-0.2, 0) is 11.2 Å². The number of carbonyl (C=O) groups excluding carboxylic acids is 2. The highest BCUT2D eigenvalue weighted by atomic mass is 32.1. The number of hydrogen-bond acceptors (Lipinski definition) is 5. The van der Waals surface area contributed by atoms with Crippen LogP contribution in [0, 0.1) is 0 Å². The maximum Gasteiger partial charge on any atom is 0.325 e. The number of para-hydroxylation sites is 1. The lowest BCUT2D eigenvalue weighted by molar-refractivity contribution is -0.129. The van der Waals surface area contributed by atoms with Gasteiger partial charge in [-0.05, 0) is 30.5 Å². The predicted octanol–water partition coefficient (Wildman–Crippen LogP) is 3.94. The average molecular weight is 421 g/mol. The van der Waals surface area contributed by atoms with Gasteiger partial charge in [0.2, 0.25) is 0 Å². The second kappa shape index (κ2) is 8.16. The molecule has 30 heavy (non-hydrogen) atoms. The van der Waals surface area contributed by atoms with Crippen LogP contribution in [-0.4, -0.2) is 46.0 Å². The Morgan fingerprint density at radius 2 is 1.83 bits per heavy atom. The lowest BCUT2D eigenvalue weighted by Gasteiger charge is -2.36. The maximum absolute atomic E-state index is 13.0. The standard InChI is InChI=1S/C23H24N4O2S/c28-22-18(14-16-8-2-1-3-9-16)25-23(29)27(22)15-26-13-7-6-11-19(26)21-24-17-10-4-5-12-20(17)30-21/h1-5,8-10,12,18-19H,6-7,11,13-15H2,(H,25,29)/t18-,19+/m0/s1. The van der Waals surface area contributed by atoms with Crippen molar-refractivity contribution in [3.63, 3.8) is 0 Å². The lowest BCUT2D eigenvalue weighted by Crippen LogP contribution is -2.45. The number of nitrogens with one attached hydrogen (secondary N) is 1. The van der Waals surface area contributed by atoms with Gasteiger partial charge in [-0.1, -0.05) is 48.9 Å². The van der Waals surface area contributed by atoms with Gasteiger partial charge in [0.1, 0.15) is 11.0 Å². The Morgan fingerprint density at radius 1 is 1.03 bits per heavy atom. The molecule has 2 aliphatic rings. The zero-order valence-electron chi connectivity index (χ0n) is 16.7. The van der Waals surface area contributed by atoms with E-state index in [1.165, 1.54) is 9.60 Å². The van der Waals surface area contributed by atoms with Gasteiger partial charge >= 0.3 is 6.03 Å². The van der Waals surface area contributed by atoms with Crippen molar-refractivity contribution in [2.24, 2.45) is 0 Å². The number of hydrogen-bond donors (Lipinski definition) is 1. The van der Waals surface area contributed by atoms with Gasteiger partial charge in [0, 0.05) is 13.0 Å². The number of thiazole rings is 1. The van der Waals surface area contributed by atoms with Gasteiger partial charge in [-0.2, -0.15) is 0 Å². The molecule has 1 aromatic heterocycles. The highest BCUT2D eigenvalue weighted by Crippen LogP contribution is 2.35. The molecule has 6 nitrogen and oxygen atoms in total. The van der Waals surface area contributed by atoms with Crippen LogP contribution in [0.1, 0.15) is 35.9 Å². The normalized spacial score (nSPS) is 22.6. The first-order chi connectivity index (χ1) is 14.7. The van der Waals surface area contributed by atoms with Gasteiger partial charge in [-0.15, -0.1) is 11.3 Å². The highest BCUT2D eigenvalue weighted by Gasteiger charge is 2.40. The minimum atomic E-state index is -0.495. The molecule has 7 heteroatoms. The number of fused-ring (bicyclic) bond motifs is 1. The summed E-state index contributed by atoms with van der Waals surface area (Å²) in [6, 6.07) is 17.3. The molecule has 2 saturated heterocycles. The molecule has 2 fully saturated rings. The molecule has 3 amide bonds. The van der Waals surface area contributed by atoms with Crippen LogP contribution in [0.3, 0.4) is 0 Å². The number of urea groups is 1. The summed E-state index contributed by atoms with van der Waals surface area (Å²) in [5.41, 5.74) is 2.06. The smallest absolute Gasteiger partial charge is 0.325 e. The molecule has 1 N–H and O–H groups in total. The Kier molecular flexibility index (Phi) is 5.23. The minimum absolute atomic E-state index is 0.141. The van der Waals surface area contributed by atoms with E-state index < -0.39 is 6.04 Å². The van der Waals surface area contributed by atoms with E-state index >= 15 is 0 Å². The number of carbonyl (C=O) groups is 2. The van der Waals surface area contributed by atoms with Crippen molar-refractivity contribution in [2.45, 2.75) is 37.8 Å². The van der Waals surface area contributed by atoms with E-state index in [0.717, 1.165) is 41.9 Å². The summed E-state index contributed by atoms with van der Waals surface area (Å²) in [5.74, 6) is -0.141. The van der Waals surface area contributed by atoms with Crippen LogP contribution in [0.4, 0.5) is 4.79 Å².